The Hall–Kier alpha value is -0.940. The molecule has 1 aromatic rings. The van der Waals surface area contributed by atoms with Crippen molar-refractivity contribution in [3.63, 3.8) is 0 Å². The summed E-state index contributed by atoms with van der Waals surface area (Å²) < 4.78 is 5.29. The van der Waals surface area contributed by atoms with Crippen molar-refractivity contribution in [2.45, 2.75) is 32.6 Å². The van der Waals surface area contributed by atoms with Crippen LogP contribution in [-0.4, -0.2) is 42.2 Å². The minimum absolute atomic E-state index is 0.190. The normalized spacial score (nSPS) is 13.6. The van der Waals surface area contributed by atoms with Crippen LogP contribution in [0.2, 0.25) is 0 Å². The molecule has 0 aliphatic heterocycles. The van der Waals surface area contributed by atoms with Gasteiger partial charge in [0.15, 0.2) is 5.82 Å². The molecule has 17 heavy (non-hydrogen) atoms. The number of nitrogens with two attached hydrogens (primary N) is 1. The Bertz CT molecular complexity index is 322. The van der Waals surface area contributed by atoms with Crippen LogP contribution in [0.1, 0.15) is 37.9 Å². The van der Waals surface area contributed by atoms with E-state index in [1.165, 1.54) is 0 Å². The zero-order chi connectivity index (χ0) is 12.8. The van der Waals surface area contributed by atoms with Crippen LogP contribution in [0.25, 0.3) is 0 Å². The zero-order valence-electron chi connectivity index (χ0n) is 11.3. The van der Waals surface area contributed by atoms with E-state index in [1.54, 1.807) is 0 Å². The number of nitrogens with zero attached hydrogens (tertiary/aromatic N) is 3. The Labute approximate surface area is 103 Å². The summed E-state index contributed by atoms with van der Waals surface area (Å²) in [7, 11) is 4.06. The number of likely N-dealkylation sites (N-methyl/N-ethyl adjacent to an activating group) is 1. The largest absolute Gasteiger partial charge is 0.339 e. The second-order valence-electron chi connectivity index (χ2n) is 5.16. The molecule has 0 saturated carbocycles. The average Bonchev–Trinajstić information content (AvgIpc) is 2.71. The maximum Gasteiger partial charge on any atom is 0.231 e. The van der Waals surface area contributed by atoms with Crippen molar-refractivity contribution in [1.82, 2.24) is 15.0 Å². The first kappa shape index (κ1) is 14.1. The van der Waals surface area contributed by atoms with Gasteiger partial charge in [0.05, 0.1) is 5.92 Å². The molecule has 0 aliphatic rings. The summed E-state index contributed by atoms with van der Waals surface area (Å²) in [4.78, 5) is 6.52. The fourth-order valence-electron chi connectivity index (χ4n) is 1.73. The third kappa shape index (κ3) is 4.83. The van der Waals surface area contributed by atoms with Crippen LogP contribution in [0.15, 0.2) is 4.52 Å². The molecule has 1 atom stereocenters. The lowest BCUT2D eigenvalue weighted by Gasteiger charge is -2.11. The zero-order valence-corrected chi connectivity index (χ0v) is 11.3. The molecule has 5 heteroatoms. The van der Waals surface area contributed by atoms with Crippen LogP contribution < -0.4 is 5.73 Å². The average molecular weight is 240 g/mol. The van der Waals surface area contributed by atoms with Gasteiger partial charge in [-0.2, -0.15) is 4.98 Å². The van der Waals surface area contributed by atoms with E-state index in [4.69, 9.17) is 10.3 Å². The van der Waals surface area contributed by atoms with Crippen molar-refractivity contribution in [3.05, 3.63) is 11.7 Å². The lowest BCUT2D eigenvalue weighted by Crippen LogP contribution is -2.16. The Morgan fingerprint density at radius 2 is 2.06 bits per heavy atom. The Balaban J connectivity index is 2.58. The molecule has 1 heterocycles. The highest BCUT2D eigenvalue weighted by Crippen LogP contribution is 2.21. The maximum absolute atomic E-state index is 5.75. The summed E-state index contributed by atoms with van der Waals surface area (Å²) in [5, 5.41) is 4.00. The third-order valence-electron chi connectivity index (χ3n) is 2.66. The van der Waals surface area contributed by atoms with Crippen molar-refractivity contribution < 1.29 is 4.52 Å². The van der Waals surface area contributed by atoms with Crippen molar-refractivity contribution in [3.8, 4) is 0 Å². The summed E-state index contributed by atoms with van der Waals surface area (Å²) in [6.07, 6.45) is 1.81. The van der Waals surface area contributed by atoms with Crippen molar-refractivity contribution in [1.29, 1.82) is 0 Å². The SMILES string of the molecule is CC(C)CC(CN)c1nc(CCN(C)C)no1. The van der Waals surface area contributed by atoms with E-state index in [9.17, 15) is 0 Å². The second kappa shape index (κ2) is 6.71. The van der Waals surface area contributed by atoms with E-state index in [0.29, 0.717) is 18.4 Å². The van der Waals surface area contributed by atoms with Crippen LogP contribution in [0.5, 0.6) is 0 Å². The molecule has 5 nitrogen and oxygen atoms in total. The molecular formula is C12H24N4O. The van der Waals surface area contributed by atoms with Gasteiger partial charge in [-0.1, -0.05) is 19.0 Å². The molecule has 98 valence electrons. The van der Waals surface area contributed by atoms with E-state index in [1.807, 2.05) is 14.1 Å². The molecule has 0 aromatic carbocycles. The predicted octanol–water partition coefficient (Wildman–Crippen LogP) is 1.26. The summed E-state index contributed by atoms with van der Waals surface area (Å²) in [6, 6.07) is 0. The molecular weight excluding hydrogens is 216 g/mol. The van der Waals surface area contributed by atoms with E-state index in [-0.39, 0.29) is 5.92 Å². The first-order valence-corrected chi connectivity index (χ1v) is 6.20. The number of rotatable bonds is 7. The molecule has 0 radical (unpaired) electrons. The fraction of sp³-hybridized carbons (Fsp3) is 0.833. The van der Waals surface area contributed by atoms with Gasteiger partial charge in [0.1, 0.15) is 0 Å². The van der Waals surface area contributed by atoms with Crippen LogP contribution >= 0.6 is 0 Å². The van der Waals surface area contributed by atoms with Gasteiger partial charge in [0.2, 0.25) is 5.89 Å². The fourth-order valence-corrected chi connectivity index (χ4v) is 1.73. The molecule has 1 aromatic heterocycles. The monoisotopic (exact) mass is 240 g/mol. The van der Waals surface area contributed by atoms with Crippen LogP contribution in [0.3, 0.4) is 0 Å². The van der Waals surface area contributed by atoms with Gasteiger partial charge < -0.3 is 15.2 Å². The molecule has 2 N–H and O–H groups in total. The molecule has 0 amide bonds. The van der Waals surface area contributed by atoms with Gasteiger partial charge in [0.25, 0.3) is 0 Å². The van der Waals surface area contributed by atoms with Crippen LogP contribution in [0.4, 0.5) is 0 Å². The van der Waals surface area contributed by atoms with Gasteiger partial charge in [-0.25, -0.2) is 0 Å². The summed E-state index contributed by atoms with van der Waals surface area (Å²) in [5.41, 5.74) is 5.75. The predicted molar refractivity (Wildman–Crippen MR) is 67.8 cm³/mol. The van der Waals surface area contributed by atoms with Crippen molar-refractivity contribution in [2.24, 2.45) is 11.7 Å². The smallest absolute Gasteiger partial charge is 0.231 e. The quantitative estimate of drug-likeness (QED) is 0.777. The van der Waals surface area contributed by atoms with Gasteiger partial charge >= 0.3 is 0 Å². The summed E-state index contributed by atoms with van der Waals surface area (Å²) >= 11 is 0. The summed E-state index contributed by atoms with van der Waals surface area (Å²) in [5.74, 6) is 2.24. The van der Waals surface area contributed by atoms with Gasteiger partial charge in [0, 0.05) is 19.5 Å². The van der Waals surface area contributed by atoms with E-state index in [0.717, 1.165) is 25.2 Å². The highest BCUT2D eigenvalue weighted by atomic mass is 16.5. The molecule has 0 aliphatic carbocycles. The van der Waals surface area contributed by atoms with Gasteiger partial charge in [-0.3, -0.25) is 0 Å². The van der Waals surface area contributed by atoms with Crippen LogP contribution in [0, 0.1) is 5.92 Å². The third-order valence-corrected chi connectivity index (χ3v) is 2.66. The first-order valence-electron chi connectivity index (χ1n) is 6.20. The minimum Gasteiger partial charge on any atom is -0.339 e. The van der Waals surface area contributed by atoms with Crippen molar-refractivity contribution >= 4 is 0 Å². The topological polar surface area (TPSA) is 68.2 Å². The molecule has 0 spiro atoms. The first-order chi connectivity index (χ1) is 8.02. The highest BCUT2D eigenvalue weighted by Gasteiger charge is 2.18. The lowest BCUT2D eigenvalue weighted by atomic mass is 9.97. The van der Waals surface area contributed by atoms with E-state index < -0.39 is 0 Å². The molecule has 0 fully saturated rings. The molecule has 1 rings (SSSR count). The number of hydrogen-bond donors (Lipinski definition) is 1. The highest BCUT2D eigenvalue weighted by molar-refractivity contribution is 4.95. The number of hydrogen-bond acceptors (Lipinski definition) is 5. The van der Waals surface area contributed by atoms with Crippen molar-refractivity contribution in [2.75, 3.05) is 27.2 Å². The Morgan fingerprint density at radius 3 is 2.59 bits per heavy atom. The van der Waals surface area contributed by atoms with Crippen LogP contribution in [-0.2, 0) is 6.42 Å². The van der Waals surface area contributed by atoms with Gasteiger partial charge in [-0.05, 0) is 26.4 Å². The van der Waals surface area contributed by atoms with E-state index >= 15 is 0 Å². The Kier molecular flexibility index (Phi) is 5.58. The molecule has 0 bridgehead atoms. The lowest BCUT2D eigenvalue weighted by molar-refractivity contribution is 0.330. The molecule has 1 unspecified atom stereocenters. The Morgan fingerprint density at radius 1 is 1.35 bits per heavy atom. The van der Waals surface area contributed by atoms with Gasteiger partial charge in [-0.15, -0.1) is 0 Å². The second-order valence-corrected chi connectivity index (χ2v) is 5.16. The number of aromatic nitrogens is 2. The maximum atomic E-state index is 5.75. The minimum atomic E-state index is 0.190. The standard InChI is InChI=1S/C12H24N4O/c1-9(2)7-10(8-13)12-14-11(15-17-12)5-6-16(3)4/h9-10H,5-8,13H2,1-4H3. The molecule has 0 saturated heterocycles. The summed E-state index contributed by atoms with van der Waals surface area (Å²) in [6.45, 7) is 5.84. The van der Waals surface area contributed by atoms with E-state index in [2.05, 4.69) is 28.9 Å².